The standard InChI is InChI=1S/C21H17IN2OS/c1-14(22)16-5-2-4-15(12-16)7-10-21(25)24-19-13-17(8-9-18(19)23)20-6-3-11-26-20/h2-13H,1,23H2,(H,24,25)/b10-7+. The Morgan fingerprint density at radius 3 is 2.73 bits per heavy atom. The summed E-state index contributed by atoms with van der Waals surface area (Å²) in [7, 11) is 0. The third-order valence-electron chi connectivity index (χ3n) is 3.74. The van der Waals surface area contributed by atoms with E-state index in [0.717, 1.165) is 25.1 Å². The number of amides is 1. The number of nitrogen functional groups attached to an aromatic ring is 1. The monoisotopic (exact) mass is 472 g/mol. The van der Waals surface area contributed by atoms with Gasteiger partial charge < -0.3 is 11.1 Å². The molecule has 3 rings (SSSR count). The molecule has 0 atom stereocenters. The quantitative estimate of drug-likeness (QED) is 0.270. The predicted molar refractivity (Wildman–Crippen MR) is 121 cm³/mol. The summed E-state index contributed by atoms with van der Waals surface area (Å²) in [5, 5.41) is 4.87. The number of benzene rings is 2. The van der Waals surface area contributed by atoms with Crippen molar-refractivity contribution < 1.29 is 4.79 Å². The average molecular weight is 472 g/mol. The van der Waals surface area contributed by atoms with Crippen LogP contribution in [-0.2, 0) is 4.79 Å². The fraction of sp³-hybridized carbons (Fsp3) is 0. The molecule has 0 radical (unpaired) electrons. The first-order chi connectivity index (χ1) is 12.5. The summed E-state index contributed by atoms with van der Waals surface area (Å²) in [4.78, 5) is 13.4. The van der Waals surface area contributed by atoms with Gasteiger partial charge >= 0.3 is 0 Å². The Morgan fingerprint density at radius 2 is 2.00 bits per heavy atom. The molecule has 5 heteroatoms. The molecule has 130 valence electrons. The van der Waals surface area contributed by atoms with Crippen molar-refractivity contribution in [2.45, 2.75) is 0 Å². The third kappa shape index (κ3) is 4.62. The molecule has 1 aromatic heterocycles. The van der Waals surface area contributed by atoms with Crippen LogP contribution in [0.5, 0.6) is 0 Å². The second kappa shape index (κ2) is 8.33. The normalized spacial score (nSPS) is 10.8. The minimum absolute atomic E-state index is 0.223. The van der Waals surface area contributed by atoms with E-state index < -0.39 is 0 Å². The van der Waals surface area contributed by atoms with Crippen molar-refractivity contribution in [2.75, 3.05) is 11.1 Å². The molecule has 3 aromatic rings. The first-order valence-corrected chi connectivity index (χ1v) is 9.86. The van der Waals surface area contributed by atoms with Crippen LogP contribution in [0.4, 0.5) is 11.4 Å². The van der Waals surface area contributed by atoms with Gasteiger partial charge in [0.05, 0.1) is 11.4 Å². The molecule has 0 aliphatic rings. The zero-order chi connectivity index (χ0) is 18.5. The number of nitrogens with one attached hydrogen (secondary N) is 1. The number of carbonyl (C=O) groups is 1. The van der Waals surface area contributed by atoms with E-state index in [9.17, 15) is 4.79 Å². The van der Waals surface area contributed by atoms with Crippen LogP contribution < -0.4 is 11.1 Å². The molecule has 1 amide bonds. The number of anilines is 2. The summed E-state index contributed by atoms with van der Waals surface area (Å²) in [5.74, 6) is -0.223. The Bertz CT molecular complexity index is 977. The number of nitrogens with two attached hydrogens (primary N) is 1. The zero-order valence-electron chi connectivity index (χ0n) is 13.9. The van der Waals surface area contributed by atoms with Crippen molar-refractivity contribution in [1.29, 1.82) is 0 Å². The Labute approximate surface area is 170 Å². The van der Waals surface area contributed by atoms with E-state index in [1.165, 1.54) is 6.08 Å². The fourth-order valence-corrected chi connectivity index (χ4v) is 3.48. The van der Waals surface area contributed by atoms with Crippen molar-refractivity contribution in [3.8, 4) is 10.4 Å². The highest BCUT2D eigenvalue weighted by Crippen LogP contribution is 2.30. The van der Waals surface area contributed by atoms with Gasteiger partial charge in [0.1, 0.15) is 0 Å². The van der Waals surface area contributed by atoms with Gasteiger partial charge in [-0.05, 0) is 75.0 Å². The summed E-state index contributed by atoms with van der Waals surface area (Å²) in [6, 6.07) is 17.6. The van der Waals surface area contributed by atoms with E-state index in [0.29, 0.717) is 11.4 Å². The van der Waals surface area contributed by atoms with Gasteiger partial charge in [-0.1, -0.05) is 36.9 Å². The van der Waals surface area contributed by atoms with Crippen LogP contribution in [0.2, 0.25) is 0 Å². The second-order valence-corrected chi connectivity index (χ2v) is 7.88. The molecule has 0 saturated carbocycles. The van der Waals surface area contributed by atoms with Crippen molar-refractivity contribution in [3.63, 3.8) is 0 Å². The van der Waals surface area contributed by atoms with Crippen molar-refractivity contribution >= 4 is 60.9 Å². The van der Waals surface area contributed by atoms with E-state index in [1.807, 2.05) is 60.0 Å². The van der Waals surface area contributed by atoms with Gasteiger partial charge in [0, 0.05) is 14.5 Å². The highest BCUT2D eigenvalue weighted by molar-refractivity contribution is 14.1. The Balaban J connectivity index is 1.75. The van der Waals surface area contributed by atoms with Crippen LogP contribution in [0.1, 0.15) is 11.1 Å². The molecular weight excluding hydrogens is 455 g/mol. The molecule has 0 aliphatic heterocycles. The summed E-state index contributed by atoms with van der Waals surface area (Å²) < 4.78 is 0.959. The largest absolute Gasteiger partial charge is 0.397 e. The molecular formula is C21H17IN2OS. The maximum absolute atomic E-state index is 12.3. The molecule has 0 saturated heterocycles. The fourth-order valence-electron chi connectivity index (χ4n) is 2.42. The van der Waals surface area contributed by atoms with Gasteiger partial charge in [0.2, 0.25) is 5.91 Å². The second-order valence-electron chi connectivity index (χ2n) is 5.63. The maximum atomic E-state index is 12.3. The van der Waals surface area contributed by atoms with Crippen LogP contribution in [0, 0.1) is 0 Å². The van der Waals surface area contributed by atoms with Gasteiger partial charge in [-0.3, -0.25) is 4.79 Å². The van der Waals surface area contributed by atoms with Crippen LogP contribution in [0.3, 0.4) is 0 Å². The molecule has 1 heterocycles. The van der Waals surface area contributed by atoms with E-state index in [4.69, 9.17) is 5.73 Å². The van der Waals surface area contributed by atoms with Gasteiger partial charge in [-0.2, -0.15) is 0 Å². The maximum Gasteiger partial charge on any atom is 0.248 e. The van der Waals surface area contributed by atoms with Crippen LogP contribution in [0.15, 0.2) is 72.6 Å². The molecule has 0 bridgehead atoms. The highest BCUT2D eigenvalue weighted by Gasteiger charge is 2.06. The average Bonchev–Trinajstić information content (AvgIpc) is 3.17. The predicted octanol–water partition coefficient (Wildman–Crippen LogP) is 6.05. The molecule has 3 N–H and O–H groups in total. The molecule has 26 heavy (non-hydrogen) atoms. The summed E-state index contributed by atoms with van der Waals surface area (Å²) >= 11 is 3.83. The van der Waals surface area contributed by atoms with Crippen molar-refractivity contribution in [1.82, 2.24) is 0 Å². The highest BCUT2D eigenvalue weighted by atomic mass is 127. The van der Waals surface area contributed by atoms with Crippen molar-refractivity contribution in [3.05, 3.63) is 83.8 Å². The van der Waals surface area contributed by atoms with Crippen LogP contribution in [0.25, 0.3) is 20.1 Å². The zero-order valence-corrected chi connectivity index (χ0v) is 16.9. The van der Waals surface area contributed by atoms with E-state index in [-0.39, 0.29) is 5.91 Å². The SMILES string of the molecule is C=C(I)c1cccc(/C=C/C(=O)Nc2cc(-c3cccs3)ccc2N)c1. The lowest BCUT2D eigenvalue weighted by Gasteiger charge is -2.08. The van der Waals surface area contributed by atoms with E-state index >= 15 is 0 Å². The Morgan fingerprint density at radius 1 is 1.15 bits per heavy atom. The number of hydrogen-bond acceptors (Lipinski definition) is 3. The molecule has 0 fully saturated rings. The third-order valence-corrected chi connectivity index (χ3v) is 5.29. The molecule has 2 aromatic carbocycles. The molecule has 0 aliphatic carbocycles. The molecule has 3 nitrogen and oxygen atoms in total. The van der Waals surface area contributed by atoms with E-state index in [2.05, 4.69) is 34.5 Å². The number of carbonyl (C=O) groups excluding carboxylic acids is 1. The van der Waals surface area contributed by atoms with Crippen LogP contribution >= 0.6 is 33.9 Å². The van der Waals surface area contributed by atoms with Gasteiger partial charge in [-0.15, -0.1) is 11.3 Å². The molecule has 0 spiro atoms. The smallest absolute Gasteiger partial charge is 0.248 e. The summed E-state index contributed by atoms with van der Waals surface area (Å²) in [6.45, 7) is 3.93. The van der Waals surface area contributed by atoms with Gasteiger partial charge in [0.15, 0.2) is 0 Å². The van der Waals surface area contributed by atoms with Crippen molar-refractivity contribution in [2.24, 2.45) is 0 Å². The number of thiophene rings is 1. The van der Waals surface area contributed by atoms with Gasteiger partial charge in [-0.25, -0.2) is 0 Å². The Hall–Kier alpha value is -2.38. The minimum atomic E-state index is -0.223. The number of halogens is 1. The van der Waals surface area contributed by atoms with Gasteiger partial charge in [0.25, 0.3) is 0 Å². The molecule has 0 unspecified atom stereocenters. The Kier molecular flexibility index (Phi) is 5.90. The lowest BCUT2D eigenvalue weighted by atomic mass is 10.1. The lowest BCUT2D eigenvalue weighted by molar-refractivity contribution is -0.111. The van der Waals surface area contributed by atoms with E-state index in [1.54, 1.807) is 17.4 Å². The first kappa shape index (κ1) is 18.4. The summed E-state index contributed by atoms with van der Waals surface area (Å²) in [5.41, 5.74) is 10.2. The minimum Gasteiger partial charge on any atom is -0.397 e. The number of rotatable bonds is 5. The van der Waals surface area contributed by atoms with Crippen LogP contribution in [-0.4, -0.2) is 5.91 Å². The first-order valence-electron chi connectivity index (χ1n) is 7.90. The topological polar surface area (TPSA) is 55.1 Å². The summed E-state index contributed by atoms with van der Waals surface area (Å²) in [6.07, 6.45) is 3.28. The number of hydrogen-bond donors (Lipinski definition) is 2. The lowest BCUT2D eigenvalue weighted by Crippen LogP contribution is -2.09.